The fourth-order valence-corrected chi connectivity index (χ4v) is 6.55. The Morgan fingerprint density at radius 1 is 1.09 bits per heavy atom. The third-order valence-corrected chi connectivity index (χ3v) is 8.02. The fourth-order valence-electron chi connectivity index (χ4n) is 4.55. The molecule has 0 radical (unpaired) electrons. The number of nitrogens with zero attached hydrogens (tertiary/aromatic N) is 2. The zero-order valence-corrected chi connectivity index (χ0v) is 20.5. The molecule has 4 heterocycles. The largest absolute Gasteiger partial charge is 0.507 e. The van der Waals surface area contributed by atoms with E-state index < -0.39 is 17.7 Å². The van der Waals surface area contributed by atoms with Crippen LogP contribution in [-0.4, -0.2) is 35.0 Å². The number of thiazole rings is 1. The number of rotatable bonds is 3. The lowest BCUT2D eigenvalue weighted by Gasteiger charge is -2.22. The van der Waals surface area contributed by atoms with Crippen LogP contribution in [-0.2, 0) is 9.59 Å². The van der Waals surface area contributed by atoms with E-state index in [2.05, 4.69) is 0 Å². The zero-order chi connectivity index (χ0) is 24.3. The van der Waals surface area contributed by atoms with Gasteiger partial charge in [-0.25, -0.2) is 4.98 Å². The number of thiophene rings is 1. The number of Topliss-reactive ketones (excluding diaryl/α,β-unsaturated/α-hetero) is 1. The van der Waals surface area contributed by atoms with Crippen LogP contribution in [0.15, 0.2) is 53.4 Å². The maximum atomic E-state index is 13.4. The van der Waals surface area contributed by atoms with Gasteiger partial charge in [0.15, 0.2) is 16.6 Å². The molecule has 4 aromatic rings. The highest BCUT2D eigenvalue weighted by molar-refractivity contribution is 7.22. The quantitative estimate of drug-likeness (QED) is 0.229. The Balaban J connectivity index is 1.53. The van der Waals surface area contributed by atoms with Crippen LogP contribution in [0, 0.1) is 13.8 Å². The third-order valence-electron chi connectivity index (χ3n) is 6.10. The van der Waals surface area contributed by atoms with Gasteiger partial charge in [-0.15, -0.1) is 11.3 Å². The molecule has 2 aliphatic rings. The first-order chi connectivity index (χ1) is 16.9. The number of benzene rings is 2. The van der Waals surface area contributed by atoms with Crippen molar-refractivity contribution in [1.29, 1.82) is 0 Å². The van der Waals surface area contributed by atoms with Gasteiger partial charge in [0.05, 0.1) is 15.8 Å². The summed E-state index contributed by atoms with van der Waals surface area (Å²) in [7, 11) is 0. The highest BCUT2D eigenvalue weighted by Crippen LogP contribution is 2.46. The van der Waals surface area contributed by atoms with Gasteiger partial charge >= 0.3 is 5.91 Å². The molecule has 0 unspecified atom stereocenters. The van der Waals surface area contributed by atoms with Crippen molar-refractivity contribution in [3.8, 4) is 11.5 Å². The molecule has 1 saturated heterocycles. The Labute approximate surface area is 208 Å². The number of ketones is 1. The van der Waals surface area contributed by atoms with Crippen molar-refractivity contribution in [1.82, 2.24) is 4.98 Å². The summed E-state index contributed by atoms with van der Waals surface area (Å²) in [4.78, 5) is 33.6. The normalized spacial score (nSPS) is 19.0. The molecule has 1 fully saturated rings. The van der Waals surface area contributed by atoms with E-state index in [1.165, 1.54) is 27.6 Å². The number of amides is 1. The van der Waals surface area contributed by atoms with Crippen LogP contribution in [0.2, 0.25) is 0 Å². The predicted molar refractivity (Wildman–Crippen MR) is 136 cm³/mol. The number of carbonyl (C=O) groups is 2. The Hall–Kier alpha value is -3.69. The number of carbonyl (C=O) groups excluding carboxylic acids is 2. The summed E-state index contributed by atoms with van der Waals surface area (Å²) in [6, 6.07) is 12.0. The average molecular weight is 505 g/mol. The second kappa shape index (κ2) is 8.21. The SMILES string of the molecule is Cc1cc(C)c2nc(N3C(=O)C(=O)C(=C(O)c4ccc5c(c4)OCCO5)[C@H]3c3cccs3)sc2c1. The van der Waals surface area contributed by atoms with Gasteiger partial charge in [0.25, 0.3) is 5.78 Å². The van der Waals surface area contributed by atoms with Crippen LogP contribution >= 0.6 is 22.7 Å². The predicted octanol–water partition coefficient (Wildman–Crippen LogP) is 5.37. The Morgan fingerprint density at radius 3 is 2.66 bits per heavy atom. The van der Waals surface area contributed by atoms with Crippen molar-refractivity contribution in [3.63, 3.8) is 0 Å². The van der Waals surface area contributed by atoms with Crippen LogP contribution in [0.25, 0.3) is 16.0 Å². The second-order valence-corrected chi connectivity index (χ2v) is 10.5. The molecular weight excluding hydrogens is 484 g/mol. The summed E-state index contributed by atoms with van der Waals surface area (Å²) in [6.07, 6.45) is 0. The summed E-state index contributed by atoms with van der Waals surface area (Å²) in [5, 5.41) is 13.6. The molecule has 0 saturated carbocycles. The van der Waals surface area contributed by atoms with Crippen molar-refractivity contribution in [2.75, 3.05) is 18.1 Å². The number of hydrogen-bond donors (Lipinski definition) is 1. The second-order valence-electron chi connectivity index (χ2n) is 8.47. The molecule has 1 N–H and O–H groups in total. The van der Waals surface area contributed by atoms with Gasteiger partial charge in [-0.3, -0.25) is 14.5 Å². The molecule has 1 amide bonds. The van der Waals surface area contributed by atoms with Crippen molar-refractivity contribution in [2.24, 2.45) is 0 Å². The number of aliphatic hydroxyl groups excluding tert-OH is 1. The first-order valence-electron chi connectivity index (χ1n) is 11.0. The first kappa shape index (κ1) is 21.8. The van der Waals surface area contributed by atoms with Crippen LogP contribution in [0.3, 0.4) is 0 Å². The topological polar surface area (TPSA) is 89.0 Å². The highest BCUT2D eigenvalue weighted by Gasteiger charge is 2.48. The Bertz CT molecular complexity index is 1540. The molecule has 9 heteroatoms. The fraction of sp³-hybridized carbons (Fsp3) is 0.192. The maximum absolute atomic E-state index is 13.4. The smallest absolute Gasteiger partial charge is 0.301 e. The number of ether oxygens (including phenoxy) is 2. The molecule has 0 bridgehead atoms. The van der Waals surface area contributed by atoms with Crippen molar-refractivity contribution in [3.05, 3.63) is 75.0 Å². The molecule has 2 aliphatic heterocycles. The van der Waals surface area contributed by atoms with Crippen molar-refractivity contribution in [2.45, 2.75) is 19.9 Å². The maximum Gasteiger partial charge on any atom is 0.301 e. The molecule has 0 spiro atoms. The first-order valence-corrected chi connectivity index (χ1v) is 12.7. The van der Waals surface area contributed by atoms with E-state index in [4.69, 9.17) is 14.5 Å². The average Bonchev–Trinajstić information content (AvgIpc) is 3.57. The van der Waals surface area contributed by atoms with Gasteiger partial charge in [-0.05, 0) is 60.7 Å². The van der Waals surface area contributed by atoms with Gasteiger partial charge in [0.1, 0.15) is 25.0 Å². The summed E-state index contributed by atoms with van der Waals surface area (Å²) in [5.74, 6) is -0.657. The van der Waals surface area contributed by atoms with Crippen LogP contribution in [0.4, 0.5) is 5.13 Å². The Morgan fingerprint density at radius 2 is 1.89 bits per heavy atom. The summed E-state index contributed by atoms with van der Waals surface area (Å²) < 4.78 is 12.1. The van der Waals surface area contributed by atoms with Gasteiger partial charge < -0.3 is 14.6 Å². The van der Waals surface area contributed by atoms with Gasteiger partial charge in [0, 0.05) is 10.4 Å². The summed E-state index contributed by atoms with van der Waals surface area (Å²) in [6.45, 7) is 4.83. The minimum Gasteiger partial charge on any atom is -0.507 e. The van der Waals surface area contributed by atoms with E-state index >= 15 is 0 Å². The monoisotopic (exact) mass is 504 g/mol. The number of aliphatic hydroxyl groups is 1. The molecule has 2 aromatic carbocycles. The minimum atomic E-state index is -0.787. The number of aryl methyl sites for hydroxylation is 2. The number of anilines is 1. The lowest BCUT2D eigenvalue weighted by Crippen LogP contribution is -2.28. The minimum absolute atomic E-state index is 0.0290. The molecular formula is C26H20N2O5S2. The lowest BCUT2D eigenvalue weighted by molar-refractivity contribution is -0.132. The molecule has 35 heavy (non-hydrogen) atoms. The van der Waals surface area contributed by atoms with Gasteiger partial charge in [-0.1, -0.05) is 23.5 Å². The van der Waals surface area contributed by atoms with E-state index in [1.54, 1.807) is 18.2 Å². The van der Waals surface area contributed by atoms with E-state index in [9.17, 15) is 14.7 Å². The summed E-state index contributed by atoms with van der Waals surface area (Å²) >= 11 is 2.78. The van der Waals surface area contributed by atoms with Gasteiger partial charge in [0.2, 0.25) is 0 Å². The van der Waals surface area contributed by atoms with Crippen molar-refractivity contribution < 1.29 is 24.2 Å². The number of hydrogen-bond acceptors (Lipinski definition) is 8. The van der Waals surface area contributed by atoms with Crippen LogP contribution in [0.1, 0.15) is 27.6 Å². The van der Waals surface area contributed by atoms with Crippen LogP contribution in [0.5, 0.6) is 11.5 Å². The molecule has 1 atom stereocenters. The van der Waals surface area contributed by atoms with Crippen LogP contribution < -0.4 is 14.4 Å². The zero-order valence-electron chi connectivity index (χ0n) is 18.9. The molecule has 7 nitrogen and oxygen atoms in total. The van der Waals surface area contributed by atoms with E-state index in [0.29, 0.717) is 35.4 Å². The molecule has 6 rings (SSSR count). The molecule has 176 valence electrons. The molecule has 0 aliphatic carbocycles. The third kappa shape index (κ3) is 3.50. The number of fused-ring (bicyclic) bond motifs is 2. The standard InChI is InChI=1S/C26H20N2O5S2/c1-13-10-14(2)21-19(11-13)35-26(27-21)28-22(18-4-3-9-34-18)20(24(30)25(28)31)23(29)15-5-6-16-17(12-15)33-8-7-32-16/h3-6,9-12,22,29H,7-8H2,1-2H3/t22-/m1/s1. The number of aromatic nitrogens is 1. The lowest BCUT2D eigenvalue weighted by atomic mass is 9.99. The van der Waals surface area contributed by atoms with Gasteiger partial charge in [-0.2, -0.15) is 0 Å². The van der Waals surface area contributed by atoms with E-state index in [-0.39, 0.29) is 11.3 Å². The molecule has 2 aromatic heterocycles. The highest BCUT2D eigenvalue weighted by atomic mass is 32.1. The van der Waals surface area contributed by atoms with E-state index in [0.717, 1.165) is 26.2 Å². The Kier molecular flexibility index (Phi) is 5.12. The van der Waals surface area contributed by atoms with E-state index in [1.807, 2.05) is 43.5 Å². The van der Waals surface area contributed by atoms with Crippen molar-refractivity contribution >= 4 is 55.5 Å². The summed E-state index contributed by atoms with van der Waals surface area (Å²) in [5.41, 5.74) is 3.31.